The SMILES string of the molecule is Cc1ccc(-c2sc(-c3ccccc3)nc2CC(=O)O[C@@H](C)C#N)cc1. The van der Waals surface area contributed by atoms with Gasteiger partial charge in [0.15, 0.2) is 6.10 Å². The van der Waals surface area contributed by atoms with Crippen molar-refractivity contribution in [2.45, 2.75) is 26.4 Å². The van der Waals surface area contributed by atoms with Crippen LogP contribution in [0, 0.1) is 18.3 Å². The maximum absolute atomic E-state index is 12.2. The molecule has 0 bridgehead atoms. The third-order valence-corrected chi connectivity index (χ3v) is 5.03. The first-order valence-corrected chi connectivity index (χ1v) is 9.09. The second-order valence-electron chi connectivity index (χ2n) is 5.96. The predicted molar refractivity (Wildman–Crippen MR) is 103 cm³/mol. The smallest absolute Gasteiger partial charge is 0.313 e. The average Bonchev–Trinajstić information content (AvgIpc) is 3.06. The molecule has 0 radical (unpaired) electrons. The standard InChI is InChI=1S/C21H18N2O2S/c1-14-8-10-16(11-9-14)20-18(12-19(24)25-15(2)13-22)23-21(26-20)17-6-4-3-5-7-17/h3-11,15H,12H2,1-2H3/t15-/m0/s1. The Morgan fingerprint density at radius 2 is 1.85 bits per heavy atom. The van der Waals surface area contributed by atoms with E-state index in [4.69, 9.17) is 10.00 Å². The molecule has 0 saturated heterocycles. The molecule has 1 atom stereocenters. The van der Waals surface area contributed by atoms with Gasteiger partial charge in [0.1, 0.15) is 11.1 Å². The Balaban J connectivity index is 1.98. The summed E-state index contributed by atoms with van der Waals surface area (Å²) < 4.78 is 5.09. The molecule has 130 valence electrons. The lowest BCUT2D eigenvalue weighted by Crippen LogP contribution is -2.15. The first-order valence-electron chi connectivity index (χ1n) is 8.28. The van der Waals surface area contributed by atoms with Gasteiger partial charge < -0.3 is 4.74 Å². The number of thiazole rings is 1. The molecule has 0 aliphatic carbocycles. The van der Waals surface area contributed by atoms with Crippen LogP contribution in [0.25, 0.3) is 21.0 Å². The fourth-order valence-corrected chi connectivity index (χ4v) is 3.60. The highest BCUT2D eigenvalue weighted by Gasteiger charge is 2.19. The van der Waals surface area contributed by atoms with Crippen molar-refractivity contribution in [2.24, 2.45) is 0 Å². The topological polar surface area (TPSA) is 63.0 Å². The molecule has 2 aromatic carbocycles. The van der Waals surface area contributed by atoms with Crippen molar-refractivity contribution in [3.63, 3.8) is 0 Å². The number of ether oxygens (including phenoxy) is 1. The fourth-order valence-electron chi connectivity index (χ4n) is 2.51. The van der Waals surface area contributed by atoms with E-state index < -0.39 is 12.1 Å². The number of carbonyl (C=O) groups excluding carboxylic acids is 1. The normalized spacial score (nSPS) is 11.6. The van der Waals surface area contributed by atoms with Gasteiger partial charge in [0.05, 0.1) is 17.0 Å². The monoisotopic (exact) mass is 362 g/mol. The zero-order valence-corrected chi connectivity index (χ0v) is 15.4. The van der Waals surface area contributed by atoms with Crippen molar-refractivity contribution in [1.82, 2.24) is 4.98 Å². The molecule has 0 saturated carbocycles. The Hall–Kier alpha value is -2.97. The lowest BCUT2D eigenvalue weighted by molar-refractivity contribution is -0.145. The van der Waals surface area contributed by atoms with Crippen LogP contribution in [0.5, 0.6) is 0 Å². The number of hydrogen-bond donors (Lipinski definition) is 0. The number of benzene rings is 2. The van der Waals surface area contributed by atoms with Gasteiger partial charge in [-0.05, 0) is 19.4 Å². The molecule has 0 amide bonds. The minimum Gasteiger partial charge on any atom is -0.447 e. The molecule has 4 nitrogen and oxygen atoms in total. The zero-order valence-electron chi connectivity index (χ0n) is 14.6. The summed E-state index contributed by atoms with van der Waals surface area (Å²) in [6.07, 6.45) is -0.726. The summed E-state index contributed by atoms with van der Waals surface area (Å²) >= 11 is 1.55. The Morgan fingerprint density at radius 3 is 2.50 bits per heavy atom. The van der Waals surface area contributed by atoms with Crippen molar-refractivity contribution in [3.05, 3.63) is 65.9 Å². The second kappa shape index (κ2) is 7.94. The van der Waals surface area contributed by atoms with Crippen molar-refractivity contribution in [3.8, 4) is 27.1 Å². The minimum absolute atomic E-state index is 0.0402. The molecule has 5 heteroatoms. The van der Waals surface area contributed by atoms with Gasteiger partial charge in [-0.1, -0.05) is 60.2 Å². The van der Waals surface area contributed by atoms with Crippen molar-refractivity contribution >= 4 is 17.3 Å². The number of nitrogens with zero attached hydrogens (tertiary/aromatic N) is 2. The minimum atomic E-state index is -0.766. The van der Waals surface area contributed by atoms with Crippen molar-refractivity contribution in [1.29, 1.82) is 5.26 Å². The van der Waals surface area contributed by atoms with Crippen LogP contribution >= 0.6 is 11.3 Å². The molecule has 0 aliphatic heterocycles. The molecule has 0 spiro atoms. The highest BCUT2D eigenvalue weighted by Crippen LogP contribution is 2.36. The highest BCUT2D eigenvalue weighted by atomic mass is 32.1. The Kier molecular flexibility index (Phi) is 5.45. The van der Waals surface area contributed by atoms with Crippen LogP contribution in [-0.2, 0) is 16.0 Å². The van der Waals surface area contributed by atoms with Gasteiger partial charge in [0, 0.05) is 5.56 Å². The predicted octanol–water partition coefficient (Wildman–Crippen LogP) is 4.78. The maximum atomic E-state index is 12.2. The summed E-state index contributed by atoms with van der Waals surface area (Å²) in [5.41, 5.74) is 3.88. The average molecular weight is 362 g/mol. The first-order chi connectivity index (χ1) is 12.6. The summed E-state index contributed by atoms with van der Waals surface area (Å²) in [6.45, 7) is 3.59. The molecule has 1 aromatic heterocycles. The number of carbonyl (C=O) groups is 1. The van der Waals surface area contributed by atoms with Crippen LogP contribution < -0.4 is 0 Å². The Morgan fingerprint density at radius 1 is 1.15 bits per heavy atom. The number of rotatable bonds is 5. The summed E-state index contributed by atoms with van der Waals surface area (Å²) in [7, 11) is 0. The largest absolute Gasteiger partial charge is 0.447 e. The van der Waals surface area contributed by atoms with Gasteiger partial charge in [-0.2, -0.15) is 5.26 Å². The number of aromatic nitrogens is 1. The zero-order chi connectivity index (χ0) is 18.5. The number of nitriles is 1. The summed E-state index contributed by atoms with van der Waals surface area (Å²) in [5, 5.41) is 9.68. The molecular weight excluding hydrogens is 344 g/mol. The van der Waals surface area contributed by atoms with Gasteiger partial charge in [0.2, 0.25) is 0 Å². The molecule has 0 N–H and O–H groups in total. The lowest BCUT2D eigenvalue weighted by atomic mass is 10.1. The summed E-state index contributed by atoms with van der Waals surface area (Å²) in [5.74, 6) is -0.447. The van der Waals surface area contributed by atoms with Crippen molar-refractivity contribution < 1.29 is 9.53 Å². The molecular formula is C21H18N2O2S. The molecule has 0 unspecified atom stereocenters. The third kappa shape index (κ3) is 4.16. The molecule has 3 rings (SSSR count). The van der Waals surface area contributed by atoms with Gasteiger partial charge in [-0.3, -0.25) is 4.79 Å². The molecule has 1 heterocycles. The Labute approximate surface area is 156 Å². The van der Waals surface area contributed by atoms with Crippen molar-refractivity contribution in [2.75, 3.05) is 0 Å². The number of aryl methyl sites for hydroxylation is 1. The van der Waals surface area contributed by atoms with Crippen LogP contribution in [-0.4, -0.2) is 17.1 Å². The van der Waals surface area contributed by atoms with E-state index in [1.807, 2.05) is 67.6 Å². The van der Waals surface area contributed by atoms with Crippen LogP contribution in [0.2, 0.25) is 0 Å². The van der Waals surface area contributed by atoms with E-state index in [9.17, 15) is 4.79 Å². The molecule has 0 fully saturated rings. The van der Waals surface area contributed by atoms with E-state index in [0.717, 1.165) is 21.0 Å². The van der Waals surface area contributed by atoms with Gasteiger partial charge in [0.25, 0.3) is 0 Å². The molecule has 0 aliphatic rings. The fraction of sp³-hybridized carbons (Fsp3) is 0.190. The third-order valence-electron chi connectivity index (χ3n) is 3.83. The second-order valence-corrected chi connectivity index (χ2v) is 6.96. The number of hydrogen-bond acceptors (Lipinski definition) is 5. The Bertz CT molecular complexity index is 940. The van der Waals surface area contributed by atoms with Gasteiger partial charge in [-0.15, -0.1) is 11.3 Å². The summed E-state index contributed by atoms with van der Waals surface area (Å²) in [4.78, 5) is 17.8. The van der Waals surface area contributed by atoms with Gasteiger partial charge in [-0.25, -0.2) is 4.98 Å². The molecule has 26 heavy (non-hydrogen) atoms. The first kappa shape index (κ1) is 17.8. The van der Waals surface area contributed by atoms with Crippen LogP contribution in [0.4, 0.5) is 0 Å². The van der Waals surface area contributed by atoms with Crippen LogP contribution in [0.3, 0.4) is 0 Å². The van der Waals surface area contributed by atoms with E-state index in [1.165, 1.54) is 5.56 Å². The molecule has 3 aromatic rings. The van der Waals surface area contributed by atoms with E-state index in [1.54, 1.807) is 18.3 Å². The highest BCUT2D eigenvalue weighted by molar-refractivity contribution is 7.18. The van der Waals surface area contributed by atoms with E-state index in [-0.39, 0.29) is 6.42 Å². The number of esters is 1. The summed E-state index contributed by atoms with van der Waals surface area (Å²) in [6, 6.07) is 19.9. The maximum Gasteiger partial charge on any atom is 0.313 e. The quantitative estimate of drug-likeness (QED) is 0.613. The van der Waals surface area contributed by atoms with Crippen LogP contribution in [0.15, 0.2) is 54.6 Å². The van der Waals surface area contributed by atoms with E-state index >= 15 is 0 Å². The van der Waals surface area contributed by atoms with E-state index in [0.29, 0.717) is 5.69 Å². The van der Waals surface area contributed by atoms with Crippen LogP contribution in [0.1, 0.15) is 18.2 Å². The van der Waals surface area contributed by atoms with Gasteiger partial charge >= 0.3 is 5.97 Å². The van der Waals surface area contributed by atoms with E-state index in [2.05, 4.69) is 4.98 Å². The lowest BCUT2D eigenvalue weighted by Gasteiger charge is -2.06.